The van der Waals surface area contributed by atoms with Gasteiger partial charge in [-0.1, -0.05) is 30.4 Å². The molecule has 0 spiro atoms. The fourth-order valence-electron chi connectivity index (χ4n) is 4.64. The third-order valence-electron chi connectivity index (χ3n) is 6.23. The lowest BCUT2D eigenvalue weighted by Gasteiger charge is -2.25. The van der Waals surface area contributed by atoms with E-state index < -0.39 is 5.97 Å². The van der Waals surface area contributed by atoms with E-state index in [0.717, 1.165) is 12.8 Å². The summed E-state index contributed by atoms with van der Waals surface area (Å²) in [5.41, 5.74) is 0.518. The number of carboxylic acids is 1. The lowest BCUT2D eigenvalue weighted by Crippen LogP contribution is -2.44. The lowest BCUT2D eigenvalue weighted by molar-refractivity contribution is -0.137. The molecule has 3 aliphatic heterocycles. The van der Waals surface area contributed by atoms with Crippen LogP contribution in [-0.4, -0.2) is 60.4 Å². The van der Waals surface area contributed by atoms with Crippen molar-refractivity contribution in [1.82, 2.24) is 10.6 Å². The summed E-state index contributed by atoms with van der Waals surface area (Å²) in [5, 5.41) is 14.3. The summed E-state index contributed by atoms with van der Waals surface area (Å²) in [5.74, 6) is -0.875. The summed E-state index contributed by atoms with van der Waals surface area (Å²) < 4.78 is 11.8. The molecule has 31 heavy (non-hydrogen) atoms. The van der Waals surface area contributed by atoms with Crippen LogP contribution in [0.25, 0.3) is 0 Å². The molecular formula is C23H28N2O6. The second-order valence-electron chi connectivity index (χ2n) is 8.30. The van der Waals surface area contributed by atoms with Crippen LogP contribution in [0.5, 0.6) is 0 Å². The van der Waals surface area contributed by atoms with Gasteiger partial charge >= 0.3 is 5.97 Å². The van der Waals surface area contributed by atoms with Gasteiger partial charge in [0.25, 0.3) is 5.91 Å². The monoisotopic (exact) mass is 428 g/mol. The van der Waals surface area contributed by atoms with Crippen LogP contribution >= 0.6 is 0 Å². The SMILES string of the molecule is O=C(O)CCCC=CC[C@H]1[C@@H](CNC(=O)CNC(=O)c2ccccc2)[C@@H]2O[C@H]1[C@@H]1O[C@@H]12. The van der Waals surface area contributed by atoms with E-state index in [9.17, 15) is 14.4 Å². The Labute approximate surface area is 181 Å². The second-order valence-corrected chi connectivity index (χ2v) is 8.30. The largest absolute Gasteiger partial charge is 0.481 e. The molecule has 3 fully saturated rings. The number of rotatable bonds is 11. The summed E-state index contributed by atoms with van der Waals surface area (Å²) in [6.07, 6.45) is 6.82. The average molecular weight is 428 g/mol. The van der Waals surface area contributed by atoms with Crippen molar-refractivity contribution in [2.24, 2.45) is 11.8 Å². The number of amides is 2. The van der Waals surface area contributed by atoms with Gasteiger partial charge in [-0.2, -0.15) is 0 Å². The zero-order chi connectivity index (χ0) is 21.8. The Morgan fingerprint density at radius 2 is 1.65 bits per heavy atom. The van der Waals surface area contributed by atoms with E-state index >= 15 is 0 Å². The number of ether oxygens (including phenoxy) is 2. The van der Waals surface area contributed by atoms with Crippen molar-refractivity contribution in [1.29, 1.82) is 0 Å². The van der Waals surface area contributed by atoms with Crippen LogP contribution in [0.1, 0.15) is 36.0 Å². The van der Waals surface area contributed by atoms with Crippen LogP contribution in [0.15, 0.2) is 42.5 Å². The molecule has 1 aromatic carbocycles. The van der Waals surface area contributed by atoms with E-state index in [-0.39, 0.29) is 61.0 Å². The molecule has 0 aliphatic carbocycles. The van der Waals surface area contributed by atoms with Crippen LogP contribution in [0.2, 0.25) is 0 Å². The van der Waals surface area contributed by atoms with Crippen molar-refractivity contribution in [2.75, 3.05) is 13.1 Å². The highest BCUT2D eigenvalue weighted by atomic mass is 16.7. The fourth-order valence-corrected chi connectivity index (χ4v) is 4.64. The van der Waals surface area contributed by atoms with Crippen LogP contribution < -0.4 is 10.6 Å². The molecule has 2 amide bonds. The lowest BCUT2D eigenvalue weighted by atomic mass is 9.77. The Balaban J connectivity index is 1.22. The molecule has 4 rings (SSSR count). The number of nitrogens with one attached hydrogen (secondary N) is 2. The highest BCUT2D eigenvalue weighted by molar-refractivity contribution is 5.96. The predicted molar refractivity (Wildman–Crippen MR) is 111 cm³/mol. The number of fused-ring (bicyclic) bond motifs is 5. The molecule has 3 heterocycles. The Morgan fingerprint density at radius 1 is 0.935 bits per heavy atom. The smallest absolute Gasteiger partial charge is 0.303 e. The van der Waals surface area contributed by atoms with E-state index in [4.69, 9.17) is 14.6 Å². The van der Waals surface area contributed by atoms with Crippen molar-refractivity contribution in [3.05, 3.63) is 48.0 Å². The fraction of sp³-hybridized carbons (Fsp3) is 0.522. The van der Waals surface area contributed by atoms with Gasteiger partial charge in [-0.15, -0.1) is 0 Å². The first-order chi connectivity index (χ1) is 15.0. The number of carboxylic acid groups (broad SMARTS) is 1. The van der Waals surface area contributed by atoms with Crippen LogP contribution in [0.4, 0.5) is 0 Å². The van der Waals surface area contributed by atoms with Gasteiger partial charge in [0.2, 0.25) is 5.91 Å². The van der Waals surface area contributed by atoms with Crippen molar-refractivity contribution in [2.45, 2.75) is 50.1 Å². The number of unbranched alkanes of at least 4 members (excludes halogenated alkanes) is 1. The molecule has 8 heteroatoms. The number of carbonyl (C=O) groups is 3. The number of epoxide rings is 1. The van der Waals surface area contributed by atoms with Crippen molar-refractivity contribution in [3.8, 4) is 0 Å². The van der Waals surface area contributed by atoms with Crippen molar-refractivity contribution < 1.29 is 29.0 Å². The molecule has 8 nitrogen and oxygen atoms in total. The van der Waals surface area contributed by atoms with Gasteiger partial charge < -0.3 is 25.2 Å². The molecule has 3 aliphatic rings. The third-order valence-corrected chi connectivity index (χ3v) is 6.23. The minimum absolute atomic E-state index is 0.000352. The van der Waals surface area contributed by atoms with E-state index in [1.54, 1.807) is 24.3 Å². The van der Waals surface area contributed by atoms with E-state index in [2.05, 4.69) is 16.7 Å². The maximum absolute atomic E-state index is 12.3. The average Bonchev–Trinajstić information content (AvgIpc) is 3.40. The van der Waals surface area contributed by atoms with Gasteiger partial charge in [0.15, 0.2) is 0 Å². The first-order valence-electron chi connectivity index (χ1n) is 10.8. The van der Waals surface area contributed by atoms with Gasteiger partial charge in [-0.05, 0) is 37.3 Å². The van der Waals surface area contributed by atoms with E-state index in [0.29, 0.717) is 18.5 Å². The molecule has 0 saturated carbocycles. The molecule has 0 aromatic heterocycles. The number of hydrogen-bond donors (Lipinski definition) is 3. The number of carbonyl (C=O) groups excluding carboxylic acids is 2. The normalized spacial score (nSPS) is 30.2. The van der Waals surface area contributed by atoms with Crippen LogP contribution in [-0.2, 0) is 19.1 Å². The zero-order valence-corrected chi connectivity index (χ0v) is 17.2. The number of hydrogen-bond acceptors (Lipinski definition) is 5. The van der Waals surface area contributed by atoms with E-state index in [1.165, 1.54) is 0 Å². The molecule has 1 aromatic rings. The number of benzene rings is 1. The first kappa shape index (κ1) is 21.5. The Kier molecular flexibility index (Phi) is 6.67. The molecule has 0 radical (unpaired) electrons. The summed E-state index contributed by atoms with van der Waals surface area (Å²) in [7, 11) is 0. The summed E-state index contributed by atoms with van der Waals surface area (Å²) in [6, 6.07) is 8.78. The predicted octanol–water partition coefficient (Wildman–Crippen LogP) is 1.51. The highest BCUT2D eigenvalue weighted by Gasteiger charge is 2.68. The van der Waals surface area contributed by atoms with Gasteiger partial charge in [-0.3, -0.25) is 14.4 Å². The van der Waals surface area contributed by atoms with Gasteiger partial charge in [0, 0.05) is 24.4 Å². The molecule has 0 unspecified atom stereocenters. The summed E-state index contributed by atoms with van der Waals surface area (Å²) in [4.78, 5) is 34.9. The zero-order valence-electron chi connectivity index (χ0n) is 17.2. The number of allylic oxidation sites excluding steroid dienone is 2. The molecule has 6 atom stereocenters. The molecule has 166 valence electrons. The Hall–Kier alpha value is -2.71. The van der Waals surface area contributed by atoms with E-state index in [1.807, 2.05) is 12.1 Å². The number of aliphatic carboxylic acids is 1. The molecule has 2 bridgehead atoms. The van der Waals surface area contributed by atoms with Gasteiger partial charge in [-0.25, -0.2) is 0 Å². The van der Waals surface area contributed by atoms with Crippen LogP contribution in [0.3, 0.4) is 0 Å². The Morgan fingerprint density at radius 3 is 2.39 bits per heavy atom. The molecular weight excluding hydrogens is 400 g/mol. The minimum atomic E-state index is -0.775. The summed E-state index contributed by atoms with van der Waals surface area (Å²) >= 11 is 0. The third kappa shape index (κ3) is 5.14. The molecule has 3 saturated heterocycles. The van der Waals surface area contributed by atoms with Crippen molar-refractivity contribution >= 4 is 17.8 Å². The first-order valence-corrected chi connectivity index (χ1v) is 10.8. The maximum Gasteiger partial charge on any atom is 0.303 e. The molecule has 3 N–H and O–H groups in total. The topological polar surface area (TPSA) is 117 Å². The second kappa shape index (κ2) is 9.62. The van der Waals surface area contributed by atoms with Crippen molar-refractivity contribution in [3.63, 3.8) is 0 Å². The maximum atomic E-state index is 12.3. The summed E-state index contributed by atoms with van der Waals surface area (Å²) in [6.45, 7) is 0.400. The Bertz CT molecular complexity index is 842. The quantitative estimate of drug-likeness (QED) is 0.279. The standard InChI is InChI=1S/C23H28N2O6/c26-17(13-25-23(29)14-8-4-3-5-9-14)24-12-16-15(10-6-1-2-7-11-18(27)28)19-21-22(31-21)20(16)30-19/h1,3-6,8-9,15-16,19-22H,2,7,10-13H2,(H,24,26)(H,25,29)(H,27,28)/t15-,16+,19+,20-,21-,22+/m0/s1. The minimum Gasteiger partial charge on any atom is -0.481 e. The van der Waals surface area contributed by atoms with Gasteiger partial charge in [0.05, 0.1) is 18.8 Å². The van der Waals surface area contributed by atoms with Gasteiger partial charge in [0.1, 0.15) is 12.2 Å². The highest BCUT2D eigenvalue weighted by Crippen LogP contribution is 2.54. The van der Waals surface area contributed by atoms with Crippen LogP contribution in [0, 0.1) is 11.8 Å².